The van der Waals surface area contributed by atoms with Crippen molar-refractivity contribution in [1.29, 1.82) is 0 Å². The first-order valence-corrected chi connectivity index (χ1v) is 7.85. The molecule has 2 heterocycles. The number of aliphatic hydroxyl groups excluding tert-OH is 1. The summed E-state index contributed by atoms with van der Waals surface area (Å²) in [5.74, 6) is -0.136. The number of hydrogen-bond acceptors (Lipinski definition) is 6. The Kier molecular flexibility index (Phi) is 4.85. The third-order valence-corrected chi connectivity index (χ3v) is 3.92. The van der Waals surface area contributed by atoms with E-state index >= 15 is 0 Å². The van der Waals surface area contributed by atoms with Crippen molar-refractivity contribution in [3.63, 3.8) is 0 Å². The number of rotatable bonds is 6. The Balaban J connectivity index is 1.72. The molecule has 3 aromatic rings. The number of amides is 1. The molecule has 9 nitrogen and oxygen atoms in total. The Morgan fingerprint density at radius 1 is 1.32 bits per heavy atom. The molecule has 0 aliphatic carbocycles. The minimum Gasteiger partial charge on any atom is -0.394 e. The third kappa shape index (κ3) is 3.72. The molecule has 1 aromatic carbocycles. The van der Waals surface area contributed by atoms with Gasteiger partial charge in [-0.05, 0) is 42.5 Å². The highest BCUT2D eigenvalue weighted by Crippen LogP contribution is 2.17. The average Bonchev–Trinajstić information content (AvgIpc) is 3.21. The van der Waals surface area contributed by atoms with Crippen LogP contribution in [0.1, 0.15) is 17.0 Å². The molecule has 0 bridgehead atoms. The molecule has 0 aliphatic rings. The SMILES string of the molecule is Cc1nn(CCO)c(C)c1CC(=O)Nc1cccc(-n2cnnn2)c1. The maximum atomic E-state index is 12.4. The van der Waals surface area contributed by atoms with Gasteiger partial charge >= 0.3 is 0 Å². The van der Waals surface area contributed by atoms with Gasteiger partial charge in [-0.15, -0.1) is 5.10 Å². The number of carbonyl (C=O) groups excluding carboxylic acids is 1. The van der Waals surface area contributed by atoms with Crippen LogP contribution in [0, 0.1) is 13.8 Å². The Morgan fingerprint density at radius 2 is 2.16 bits per heavy atom. The molecule has 0 saturated carbocycles. The highest BCUT2D eigenvalue weighted by Gasteiger charge is 2.15. The van der Waals surface area contributed by atoms with Crippen LogP contribution in [-0.4, -0.2) is 47.6 Å². The zero-order chi connectivity index (χ0) is 17.8. The second kappa shape index (κ2) is 7.22. The molecule has 0 radical (unpaired) electrons. The topological polar surface area (TPSA) is 111 Å². The molecule has 130 valence electrons. The summed E-state index contributed by atoms with van der Waals surface area (Å²) in [6, 6.07) is 7.27. The lowest BCUT2D eigenvalue weighted by Gasteiger charge is -2.08. The zero-order valence-corrected chi connectivity index (χ0v) is 14.0. The van der Waals surface area contributed by atoms with Crippen LogP contribution in [0.25, 0.3) is 5.69 Å². The quantitative estimate of drug-likeness (QED) is 0.681. The standard InChI is InChI=1S/C16H19N7O2/c1-11-15(12(2)22(19-11)6-7-24)9-16(25)18-13-4-3-5-14(8-13)23-10-17-20-21-23/h3-5,8,10,24H,6-7,9H2,1-2H3,(H,18,25). The minimum atomic E-state index is -0.136. The number of nitrogens with zero attached hydrogens (tertiary/aromatic N) is 6. The fourth-order valence-electron chi connectivity index (χ4n) is 2.67. The predicted molar refractivity (Wildman–Crippen MR) is 90.3 cm³/mol. The monoisotopic (exact) mass is 341 g/mol. The molecule has 0 aliphatic heterocycles. The normalized spacial score (nSPS) is 10.8. The van der Waals surface area contributed by atoms with Crippen molar-refractivity contribution in [1.82, 2.24) is 30.0 Å². The number of benzene rings is 1. The summed E-state index contributed by atoms with van der Waals surface area (Å²) in [6.45, 7) is 4.19. The third-order valence-electron chi connectivity index (χ3n) is 3.92. The van der Waals surface area contributed by atoms with E-state index in [1.54, 1.807) is 16.8 Å². The summed E-state index contributed by atoms with van der Waals surface area (Å²) in [4.78, 5) is 12.4. The summed E-state index contributed by atoms with van der Waals surface area (Å²) in [5, 5.41) is 27.3. The van der Waals surface area contributed by atoms with Gasteiger partial charge in [0.2, 0.25) is 5.91 Å². The molecule has 3 rings (SSSR count). The Hall–Kier alpha value is -3.07. The molecule has 0 spiro atoms. The van der Waals surface area contributed by atoms with E-state index < -0.39 is 0 Å². The van der Waals surface area contributed by atoms with Crippen LogP contribution in [0.2, 0.25) is 0 Å². The summed E-state index contributed by atoms with van der Waals surface area (Å²) in [6.07, 6.45) is 1.71. The summed E-state index contributed by atoms with van der Waals surface area (Å²) in [7, 11) is 0. The molecular formula is C16H19N7O2. The van der Waals surface area contributed by atoms with Crippen LogP contribution < -0.4 is 5.32 Å². The van der Waals surface area contributed by atoms with Gasteiger partial charge in [0.15, 0.2) is 0 Å². The molecule has 1 amide bonds. The number of carbonyl (C=O) groups is 1. The van der Waals surface area contributed by atoms with E-state index in [1.807, 2.05) is 26.0 Å². The fourth-order valence-corrected chi connectivity index (χ4v) is 2.67. The molecule has 2 N–H and O–H groups in total. The second-order valence-electron chi connectivity index (χ2n) is 5.63. The van der Waals surface area contributed by atoms with Gasteiger partial charge in [0, 0.05) is 16.9 Å². The lowest BCUT2D eigenvalue weighted by atomic mass is 10.1. The van der Waals surface area contributed by atoms with Crippen molar-refractivity contribution >= 4 is 11.6 Å². The Labute approximate surface area is 144 Å². The summed E-state index contributed by atoms with van der Waals surface area (Å²) < 4.78 is 3.24. The van der Waals surface area contributed by atoms with Crippen LogP contribution in [0.15, 0.2) is 30.6 Å². The molecule has 0 fully saturated rings. The molecule has 9 heteroatoms. The second-order valence-corrected chi connectivity index (χ2v) is 5.63. The number of hydrogen-bond donors (Lipinski definition) is 2. The maximum absolute atomic E-state index is 12.4. The van der Waals surface area contributed by atoms with Gasteiger partial charge in [0.1, 0.15) is 6.33 Å². The van der Waals surface area contributed by atoms with Gasteiger partial charge < -0.3 is 10.4 Å². The van der Waals surface area contributed by atoms with Crippen LogP contribution in [0.5, 0.6) is 0 Å². The van der Waals surface area contributed by atoms with Gasteiger partial charge in [-0.2, -0.15) is 5.10 Å². The van der Waals surface area contributed by atoms with Crippen molar-refractivity contribution in [2.45, 2.75) is 26.8 Å². The van der Waals surface area contributed by atoms with Crippen LogP contribution in [0.3, 0.4) is 0 Å². The zero-order valence-electron chi connectivity index (χ0n) is 14.0. The van der Waals surface area contributed by atoms with Crippen molar-refractivity contribution in [3.8, 4) is 5.69 Å². The number of aliphatic hydroxyl groups is 1. The van der Waals surface area contributed by atoms with Gasteiger partial charge in [-0.25, -0.2) is 4.68 Å². The lowest BCUT2D eigenvalue weighted by molar-refractivity contribution is -0.115. The van der Waals surface area contributed by atoms with Crippen molar-refractivity contribution in [3.05, 3.63) is 47.5 Å². The van der Waals surface area contributed by atoms with E-state index in [1.165, 1.54) is 11.0 Å². The number of tetrazole rings is 1. The van der Waals surface area contributed by atoms with Crippen LogP contribution in [0.4, 0.5) is 5.69 Å². The van der Waals surface area contributed by atoms with E-state index in [2.05, 4.69) is 25.9 Å². The molecule has 25 heavy (non-hydrogen) atoms. The van der Waals surface area contributed by atoms with Crippen LogP contribution >= 0.6 is 0 Å². The minimum absolute atomic E-state index is 0.0114. The summed E-state index contributed by atoms with van der Waals surface area (Å²) >= 11 is 0. The van der Waals surface area contributed by atoms with Crippen LogP contribution in [-0.2, 0) is 17.8 Å². The van der Waals surface area contributed by atoms with E-state index in [-0.39, 0.29) is 18.9 Å². The average molecular weight is 341 g/mol. The Morgan fingerprint density at radius 3 is 2.88 bits per heavy atom. The summed E-state index contributed by atoms with van der Waals surface area (Å²) in [5.41, 5.74) is 3.98. The number of anilines is 1. The smallest absolute Gasteiger partial charge is 0.228 e. The van der Waals surface area contributed by atoms with Gasteiger partial charge in [0.05, 0.1) is 31.0 Å². The van der Waals surface area contributed by atoms with Gasteiger partial charge in [-0.1, -0.05) is 6.07 Å². The highest BCUT2D eigenvalue weighted by molar-refractivity contribution is 5.92. The maximum Gasteiger partial charge on any atom is 0.228 e. The first-order valence-electron chi connectivity index (χ1n) is 7.85. The van der Waals surface area contributed by atoms with Gasteiger partial charge in [-0.3, -0.25) is 9.48 Å². The van der Waals surface area contributed by atoms with E-state index in [0.29, 0.717) is 12.2 Å². The van der Waals surface area contributed by atoms with E-state index in [9.17, 15) is 4.79 Å². The fraction of sp³-hybridized carbons (Fsp3) is 0.312. The van der Waals surface area contributed by atoms with Crippen molar-refractivity contribution in [2.24, 2.45) is 0 Å². The molecular weight excluding hydrogens is 322 g/mol. The predicted octanol–water partition coefficient (Wildman–Crippen LogP) is 0.649. The Bertz CT molecular complexity index is 871. The van der Waals surface area contributed by atoms with Crippen molar-refractivity contribution in [2.75, 3.05) is 11.9 Å². The molecule has 0 atom stereocenters. The van der Waals surface area contributed by atoms with Gasteiger partial charge in [0.25, 0.3) is 0 Å². The molecule has 0 unspecified atom stereocenters. The molecule has 2 aromatic heterocycles. The number of nitrogens with one attached hydrogen (secondary N) is 1. The van der Waals surface area contributed by atoms with E-state index in [4.69, 9.17) is 5.11 Å². The lowest BCUT2D eigenvalue weighted by Crippen LogP contribution is -2.15. The first kappa shape index (κ1) is 16.8. The first-order chi connectivity index (χ1) is 12.1. The number of aromatic nitrogens is 6. The number of aryl methyl sites for hydroxylation is 1. The molecule has 0 saturated heterocycles. The van der Waals surface area contributed by atoms with E-state index in [0.717, 1.165) is 22.6 Å². The van der Waals surface area contributed by atoms with Crippen molar-refractivity contribution < 1.29 is 9.90 Å². The highest BCUT2D eigenvalue weighted by atomic mass is 16.3. The largest absolute Gasteiger partial charge is 0.394 e.